The van der Waals surface area contributed by atoms with Crippen molar-refractivity contribution in [1.29, 1.82) is 0 Å². The van der Waals surface area contributed by atoms with Gasteiger partial charge in [-0.2, -0.15) is 0 Å². The summed E-state index contributed by atoms with van der Waals surface area (Å²) >= 11 is 1.45. The fourth-order valence-electron chi connectivity index (χ4n) is 4.97. The molecule has 0 bridgehead atoms. The third-order valence-electron chi connectivity index (χ3n) is 7.09. The van der Waals surface area contributed by atoms with Gasteiger partial charge in [-0.3, -0.25) is 19.8 Å². The lowest BCUT2D eigenvalue weighted by Gasteiger charge is -2.36. The average Bonchev–Trinajstić information content (AvgIpc) is 3.52. The van der Waals surface area contributed by atoms with Gasteiger partial charge in [-0.15, -0.1) is 11.3 Å². The number of hydrogen-bond acceptors (Lipinski definition) is 7. The minimum absolute atomic E-state index is 0.155. The molecule has 1 aromatic heterocycles. The molecule has 9 heteroatoms. The fraction of sp³-hybridized carbons (Fsp3) is 0.393. The summed E-state index contributed by atoms with van der Waals surface area (Å²) < 4.78 is 10.5. The van der Waals surface area contributed by atoms with E-state index < -0.39 is 0 Å². The van der Waals surface area contributed by atoms with E-state index in [0.29, 0.717) is 22.2 Å². The van der Waals surface area contributed by atoms with E-state index in [0.717, 1.165) is 62.6 Å². The Bertz CT molecular complexity index is 1230. The molecule has 5 rings (SSSR count). The second kappa shape index (κ2) is 11.3. The van der Waals surface area contributed by atoms with Crippen LogP contribution in [0.4, 0.5) is 5.13 Å². The maximum atomic E-state index is 13.4. The Morgan fingerprint density at radius 1 is 1.03 bits per heavy atom. The molecule has 1 atom stereocenters. The number of hydrogen-bond donors (Lipinski definition) is 1. The van der Waals surface area contributed by atoms with Crippen molar-refractivity contribution in [3.8, 4) is 11.5 Å². The van der Waals surface area contributed by atoms with Crippen LogP contribution in [0.1, 0.15) is 38.8 Å². The maximum absolute atomic E-state index is 13.4. The summed E-state index contributed by atoms with van der Waals surface area (Å²) in [5.41, 5.74) is 2.58. The van der Waals surface area contributed by atoms with Crippen molar-refractivity contribution in [2.75, 3.05) is 52.3 Å². The summed E-state index contributed by atoms with van der Waals surface area (Å²) in [4.78, 5) is 36.5. The highest BCUT2D eigenvalue weighted by atomic mass is 32.1. The number of thiazole rings is 1. The first-order valence-corrected chi connectivity index (χ1v) is 13.4. The van der Waals surface area contributed by atoms with Crippen molar-refractivity contribution < 1.29 is 19.1 Å². The molecule has 3 aromatic rings. The number of aryl methyl sites for hydroxylation is 1. The molecule has 8 nitrogen and oxygen atoms in total. The van der Waals surface area contributed by atoms with Gasteiger partial charge in [-0.1, -0.05) is 30.3 Å². The fourth-order valence-corrected chi connectivity index (χ4v) is 6.01. The van der Waals surface area contributed by atoms with Gasteiger partial charge in [-0.05, 0) is 37.0 Å². The van der Waals surface area contributed by atoms with Gasteiger partial charge >= 0.3 is 0 Å². The van der Waals surface area contributed by atoms with E-state index in [4.69, 9.17) is 9.47 Å². The molecular formula is C28H32N4O4S. The van der Waals surface area contributed by atoms with Crippen LogP contribution < -0.4 is 14.8 Å². The topological polar surface area (TPSA) is 84.0 Å². The lowest BCUT2D eigenvalue weighted by Crippen LogP contribution is -2.50. The monoisotopic (exact) mass is 520 g/mol. The Morgan fingerprint density at radius 3 is 2.41 bits per heavy atom. The summed E-state index contributed by atoms with van der Waals surface area (Å²) in [7, 11) is 3.09. The van der Waals surface area contributed by atoms with Crippen molar-refractivity contribution in [3.63, 3.8) is 0 Å². The molecule has 0 saturated carbocycles. The van der Waals surface area contributed by atoms with E-state index in [1.165, 1.54) is 16.9 Å². The lowest BCUT2D eigenvalue weighted by atomic mass is 10.1. The highest BCUT2D eigenvalue weighted by Gasteiger charge is 2.36. The number of amides is 2. The Morgan fingerprint density at radius 2 is 1.73 bits per heavy atom. The minimum atomic E-state index is -0.292. The van der Waals surface area contributed by atoms with E-state index in [9.17, 15) is 9.59 Å². The highest BCUT2D eigenvalue weighted by molar-refractivity contribution is 7.16. The predicted octanol–water partition coefficient (Wildman–Crippen LogP) is 3.83. The molecule has 1 aliphatic carbocycles. The normalized spacial score (nSPS) is 17.4. The number of aromatic nitrogens is 1. The SMILES string of the molecule is COc1cc(OC)cc(C(=O)Nc2nc3c(s2)CCC3C(=O)N2CCN(CCc3ccccc3)CC2)c1. The third kappa shape index (κ3) is 5.78. The number of carbonyl (C=O) groups is 2. The minimum Gasteiger partial charge on any atom is -0.497 e. The molecule has 2 aromatic carbocycles. The van der Waals surface area contributed by atoms with E-state index in [2.05, 4.69) is 39.5 Å². The van der Waals surface area contributed by atoms with Crippen molar-refractivity contribution in [2.24, 2.45) is 0 Å². The summed E-state index contributed by atoms with van der Waals surface area (Å²) in [5.74, 6) is 0.708. The van der Waals surface area contributed by atoms with E-state index >= 15 is 0 Å². The zero-order chi connectivity index (χ0) is 25.8. The molecule has 2 aliphatic rings. The molecule has 1 fully saturated rings. The predicted molar refractivity (Wildman–Crippen MR) is 144 cm³/mol. The van der Waals surface area contributed by atoms with Crippen LogP contribution in [0.25, 0.3) is 0 Å². The number of anilines is 1. The molecule has 1 aliphatic heterocycles. The first-order valence-electron chi connectivity index (χ1n) is 12.6. The van der Waals surface area contributed by atoms with Crippen molar-refractivity contribution in [2.45, 2.75) is 25.2 Å². The van der Waals surface area contributed by atoms with Gasteiger partial charge < -0.3 is 14.4 Å². The third-order valence-corrected chi connectivity index (χ3v) is 8.14. The number of benzene rings is 2. The summed E-state index contributed by atoms with van der Waals surface area (Å²) in [5, 5.41) is 3.40. The molecule has 2 amide bonds. The van der Waals surface area contributed by atoms with Crippen LogP contribution in [-0.2, 0) is 17.6 Å². The van der Waals surface area contributed by atoms with Gasteiger partial charge in [0.2, 0.25) is 5.91 Å². The zero-order valence-corrected chi connectivity index (χ0v) is 22.1. The zero-order valence-electron chi connectivity index (χ0n) is 21.2. The molecule has 1 unspecified atom stereocenters. The number of ether oxygens (including phenoxy) is 2. The van der Waals surface area contributed by atoms with Gasteiger partial charge in [-0.25, -0.2) is 4.98 Å². The molecule has 1 N–H and O–H groups in total. The molecular weight excluding hydrogens is 488 g/mol. The second-order valence-corrected chi connectivity index (χ2v) is 10.5. The van der Waals surface area contributed by atoms with Crippen LogP contribution in [-0.4, -0.2) is 73.5 Å². The highest BCUT2D eigenvalue weighted by Crippen LogP contribution is 2.39. The molecule has 0 radical (unpaired) electrons. The number of nitrogens with one attached hydrogen (secondary N) is 1. The summed E-state index contributed by atoms with van der Waals surface area (Å²) in [6.45, 7) is 4.27. The van der Waals surface area contributed by atoms with Crippen LogP contribution in [0.15, 0.2) is 48.5 Å². The van der Waals surface area contributed by atoms with Gasteiger partial charge in [0.15, 0.2) is 5.13 Å². The molecule has 2 heterocycles. The summed E-state index contributed by atoms with van der Waals surface area (Å²) in [6, 6.07) is 15.6. The number of methoxy groups -OCH3 is 2. The standard InChI is InChI=1S/C28H32N4O4S/c1-35-21-16-20(17-22(18-21)36-2)26(33)30-28-29-25-23(8-9-24(25)37-28)27(34)32-14-12-31(13-15-32)11-10-19-6-4-3-5-7-19/h3-7,16-18,23H,8-15H2,1-2H3,(H,29,30,33). The van der Waals surface area contributed by atoms with Crippen molar-refractivity contribution in [1.82, 2.24) is 14.8 Å². The molecule has 0 spiro atoms. The van der Waals surface area contributed by atoms with Gasteiger partial charge in [0.1, 0.15) is 11.5 Å². The molecule has 37 heavy (non-hydrogen) atoms. The van der Waals surface area contributed by atoms with Crippen LogP contribution in [0, 0.1) is 0 Å². The second-order valence-electron chi connectivity index (χ2n) is 9.38. The Labute approximate surface area is 221 Å². The van der Waals surface area contributed by atoms with Crippen LogP contribution in [0.5, 0.6) is 11.5 Å². The van der Waals surface area contributed by atoms with Crippen molar-refractivity contribution >= 4 is 28.3 Å². The van der Waals surface area contributed by atoms with Gasteiger partial charge in [0.05, 0.1) is 25.8 Å². The number of piperazine rings is 1. The molecule has 1 saturated heterocycles. The van der Waals surface area contributed by atoms with Crippen LogP contribution in [0.3, 0.4) is 0 Å². The van der Waals surface area contributed by atoms with Gasteiger partial charge in [0, 0.05) is 49.2 Å². The quantitative estimate of drug-likeness (QED) is 0.486. The largest absolute Gasteiger partial charge is 0.497 e. The average molecular weight is 521 g/mol. The van der Waals surface area contributed by atoms with E-state index in [1.807, 2.05) is 11.0 Å². The van der Waals surface area contributed by atoms with E-state index in [-0.39, 0.29) is 17.7 Å². The van der Waals surface area contributed by atoms with E-state index in [1.54, 1.807) is 32.4 Å². The summed E-state index contributed by atoms with van der Waals surface area (Å²) in [6.07, 6.45) is 2.61. The van der Waals surface area contributed by atoms with Crippen LogP contribution in [0.2, 0.25) is 0 Å². The smallest absolute Gasteiger partial charge is 0.257 e. The van der Waals surface area contributed by atoms with Crippen LogP contribution >= 0.6 is 11.3 Å². The number of rotatable bonds is 8. The lowest BCUT2D eigenvalue weighted by molar-refractivity contribution is -0.134. The van der Waals surface area contributed by atoms with Gasteiger partial charge in [0.25, 0.3) is 5.91 Å². The first-order chi connectivity index (χ1) is 18.0. The Hall–Kier alpha value is -3.43. The number of nitrogens with zero attached hydrogens (tertiary/aromatic N) is 3. The van der Waals surface area contributed by atoms with Crippen molar-refractivity contribution in [3.05, 3.63) is 70.2 Å². The molecule has 194 valence electrons. The first kappa shape index (κ1) is 25.2. The number of carbonyl (C=O) groups excluding carboxylic acids is 2. The maximum Gasteiger partial charge on any atom is 0.257 e. The Kier molecular flexibility index (Phi) is 7.71. The number of fused-ring (bicyclic) bond motifs is 1. The Balaban J connectivity index is 1.17.